The highest BCUT2D eigenvalue weighted by molar-refractivity contribution is 5.81. The Kier molecular flexibility index (Phi) is 4.41. The van der Waals surface area contributed by atoms with Crippen molar-refractivity contribution in [1.29, 1.82) is 0 Å². The van der Waals surface area contributed by atoms with Crippen molar-refractivity contribution in [2.45, 2.75) is 13.5 Å². The van der Waals surface area contributed by atoms with E-state index in [0.717, 1.165) is 28.0 Å². The van der Waals surface area contributed by atoms with Gasteiger partial charge in [0.1, 0.15) is 5.82 Å². The predicted octanol–water partition coefficient (Wildman–Crippen LogP) is 1.42. The van der Waals surface area contributed by atoms with Crippen LogP contribution in [0.25, 0.3) is 22.4 Å². The highest BCUT2D eigenvalue weighted by Crippen LogP contribution is 2.24. The van der Waals surface area contributed by atoms with Crippen molar-refractivity contribution in [2.75, 3.05) is 6.54 Å². The smallest absolute Gasteiger partial charge is 0.317 e. The Morgan fingerprint density at radius 2 is 2.04 bits per heavy atom. The Morgan fingerprint density at radius 3 is 2.72 bits per heavy atom. The summed E-state index contributed by atoms with van der Waals surface area (Å²) in [5.74, 6) is -0.101. The third-order valence-corrected chi connectivity index (χ3v) is 4.17. The molecular weight excluding hydrogens is 320 g/mol. The molecule has 0 amide bonds. The summed E-state index contributed by atoms with van der Waals surface area (Å²) in [5.41, 5.74) is 4.31. The molecule has 1 aromatic carbocycles. The molecule has 0 spiro atoms. The number of hydrogen-bond acceptors (Lipinski definition) is 4. The lowest BCUT2D eigenvalue weighted by molar-refractivity contribution is -0.135. The van der Waals surface area contributed by atoms with Crippen LogP contribution in [0.1, 0.15) is 11.1 Å². The fraction of sp³-hybridized carbons (Fsp3) is 0.278. The van der Waals surface area contributed by atoms with Crippen LogP contribution in [0.2, 0.25) is 0 Å². The number of aliphatic carboxylic acids is 1. The lowest BCUT2D eigenvalue weighted by atomic mass is 10.2. The standard InChI is InChI=1S/C18H20N4O3/c1-11-6-13(10-21(2)18(11)25)17-20-14-7-12(8-19-9-16(23)24)4-5-15(14)22(17)3/h4-7,10,19H,8-9H2,1-3H3,(H,23,24). The first-order chi connectivity index (χ1) is 11.9. The first-order valence-corrected chi connectivity index (χ1v) is 7.92. The Balaban J connectivity index is 1.99. The first kappa shape index (κ1) is 16.9. The lowest BCUT2D eigenvalue weighted by Gasteiger charge is -2.06. The fourth-order valence-corrected chi connectivity index (χ4v) is 2.93. The molecule has 7 heteroatoms. The number of carboxylic acid groups (broad SMARTS) is 1. The van der Waals surface area contributed by atoms with Crippen molar-refractivity contribution in [3.8, 4) is 11.4 Å². The number of carboxylic acids is 1. The zero-order valence-corrected chi connectivity index (χ0v) is 14.4. The number of rotatable bonds is 5. The monoisotopic (exact) mass is 340 g/mol. The molecule has 7 nitrogen and oxygen atoms in total. The molecule has 0 aliphatic rings. The molecule has 3 aromatic rings. The molecule has 2 aromatic heterocycles. The third-order valence-electron chi connectivity index (χ3n) is 4.17. The molecule has 0 saturated carbocycles. The van der Waals surface area contributed by atoms with Crippen LogP contribution in [0.4, 0.5) is 0 Å². The normalized spacial score (nSPS) is 11.2. The average Bonchev–Trinajstić information content (AvgIpc) is 2.88. The molecule has 2 heterocycles. The summed E-state index contributed by atoms with van der Waals surface area (Å²) in [4.78, 5) is 27.2. The number of nitrogens with zero attached hydrogens (tertiary/aromatic N) is 3. The molecule has 25 heavy (non-hydrogen) atoms. The van der Waals surface area contributed by atoms with Crippen molar-refractivity contribution in [2.24, 2.45) is 14.1 Å². The number of hydrogen-bond donors (Lipinski definition) is 2. The molecule has 0 unspecified atom stereocenters. The predicted molar refractivity (Wildman–Crippen MR) is 95.5 cm³/mol. The third kappa shape index (κ3) is 3.32. The number of benzene rings is 1. The van der Waals surface area contributed by atoms with E-state index in [9.17, 15) is 9.59 Å². The number of aromatic nitrogens is 3. The highest BCUT2D eigenvalue weighted by atomic mass is 16.4. The van der Waals surface area contributed by atoms with E-state index < -0.39 is 5.97 Å². The van der Waals surface area contributed by atoms with E-state index in [2.05, 4.69) is 5.32 Å². The molecule has 0 fully saturated rings. The molecule has 3 rings (SSSR count). The molecule has 0 radical (unpaired) electrons. The summed E-state index contributed by atoms with van der Waals surface area (Å²) in [6.45, 7) is 2.18. The van der Waals surface area contributed by atoms with E-state index in [1.165, 1.54) is 0 Å². The minimum absolute atomic E-state index is 0.0192. The Labute approximate surface area is 144 Å². The molecule has 0 bridgehead atoms. The lowest BCUT2D eigenvalue weighted by Crippen LogP contribution is -2.21. The highest BCUT2D eigenvalue weighted by Gasteiger charge is 2.12. The van der Waals surface area contributed by atoms with Crippen molar-refractivity contribution >= 4 is 17.0 Å². The zero-order chi connectivity index (χ0) is 18.1. The van der Waals surface area contributed by atoms with Crippen LogP contribution in [-0.2, 0) is 25.4 Å². The van der Waals surface area contributed by atoms with Gasteiger partial charge in [-0.05, 0) is 30.7 Å². The van der Waals surface area contributed by atoms with Gasteiger partial charge < -0.3 is 19.6 Å². The van der Waals surface area contributed by atoms with Crippen LogP contribution in [0.15, 0.2) is 35.3 Å². The van der Waals surface area contributed by atoms with Crippen LogP contribution in [-0.4, -0.2) is 31.7 Å². The number of imidazole rings is 1. The van der Waals surface area contributed by atoms with E-state index in [1.807, 2.05) is 35.9 Å². The zero-order valence-electron chi connectivity index (χ0n) is 14.4. The SMILES string of the molecule is Cc1cc(-c2nc3cc(CNCC(=O)O)ccc3n2C)cn(C)c1=O. The number of aryl methyl sites for hydroxylation is 3. The molecule has 0 aliphatic heterocycles. The quantitative estimate of drug-likeness (QED) is 0.733. The van der Waals surface area contributed by atoms with E-state index in [4.69, 9.17) is 10.1 Å². The van der Waals surface area contributed by atoms with Crippen LogP contribution < -0.4 is 10.9 Å². The second-order valence-electron chi connectivity index (χ2n) is 6.14. The van der Waals surface area contributed by atoms with Gasteiger partial charge in [-0.1, -0.05) is 6.07 Å². The minimum atomic E-state index is -0.883. The summed E-state index contributed by atoms with van der Waals surface area (Å²) < 4.78 is 3.55. The second-order valence-corrected chi connectivity index (χ2v) is 6.14. The summed E-state index contributed by atoms with van der Waals surface area (Å²) in [6, 6.07) is 7.72. The molecule has 0 aliphatic carbocycles. The van der Waals surface area contributed by atoms with Crippen LogP contribution in [0, 0.1) is 6.92 Å². The van der Waals surface area contributed by atoms with Crippen LogP contribution >= 0.6 is 0 Å². The second kappa shape index (κ2) is 6.52. The van der Waals surface area contributed by atoms with Gasteiger partial charge >= 0.3 is 5.97 Å². The van der Waals surface area contributed by atoms with Crippen molar-refractivity contribution < 1.29 is 9.90 Å². The Morgan fingerprint density at radius 1 is 1.28 bits per heavy atom. The first-order valence-electron chi connectivity index (χ1n) is 7.92. The minimum Gasteiger partial charge on any atom is -0.480 e. The van der Waals surface area contributed by atoms with Gasteiger partial charge in [-0.15, -0.1) is 0 Å². The van der Waals surface area contributed by atoms with E-state index >= 15 is 0 Å². The number of pyridine rings is 1. The van der Waals surface area contributed by atoms with Gasteiger partial charge in [-0.2, -0.15) is 0 Å². The number of nitrogens with one attached hydrogen (secondary N) is 1. The summed E-state index contributed by atoms with van der Waals surface area (Å²) in [6.07, 6.45) is 1.78. The number of carbonyl (C=O) groups is 1. The maximum absolute atomic E-state index is 11.9. The van der Waals surface area contributed by atoms with Gasteiger partial charge in [0, 0.05) is 38.0 Å². The molecule has 2 N–H and O–H groups in total. The van der Waals surface area contributed by atoms with E-state index in [-0.39, 0.29) is 12.1 Å². The van der Waals surface area contributed by atoms with Gasteiger partial charge in [-0.3, -0.25) is 9.59 Å². The molecular formula is C18H20N4O3. The van der Waals surface area contributed by atoms with Crippen LogP contribution in [0.3, 0.4) is 0 Å². The van der Waals surface area contributed by atoms with Gasteiger partial charge in [0.05, 0.1) is 17.6 Å². The van der Waals surface area contributed by atoms with Crippen molar-refractivity contribution in [3.05, 3.63) is 51.9 Å². The molecule has 130 valence electrons. The molecule has 0 atom stereocenters. The maximum atomic E-state index is 11.9. The largest absolute Gasteiger partial charge is 0.480 e. The molecule has 0 saturated heterocycles. The summed E-state index contributed by atoms with van der Waals surface area (Å²) in [5, 5.41) is 11.6. The Hall–Kier alpha value is -2.93. The van der Waals surface area contributed by atoms with E-state index in [1.54, 1.807) is 24.7 Å². The number of fused-ring (bicyclic) bond motifs is 1. The van der Waals surface area contributed by atoms with E-state index in [0.29, 0.717) is 12.1 Å². The Bertz CT molecular complexity index is 991. The van der Waals surface area contributed by atoms with Crippen molar-refractivity contribution in [3.63, 3.8) is 0 Å². The van der Waals surface area contributed by atoms with Gasteiger partial charge in [-0.25, -0.2) is 4.98 Å². The van der Waals surface area contributed by atoms with Crippen molar-refractivity contribution in [1.82, 2.24) is 19.4 Å². The topological polar surface area (TPSA) is 89.2 Å². The summed E-state index contributed by atoms with van der Waals surface area (Å²) in [7, 11) is 3.67. The van der Waals surface area contributed by atoms with Gasteiger partial charge in [0.2, 0.25) is 0 Å². The van der Waals surface area contributed by atoms with Crippen LogP contribution in [0.5, 0.6) is 0 Å². The average molecular weight is 340 g/mol. The summed E-state index contributed by atoms with van der Waals surface area (Å²) >= 11 is 0. The van der Waals surface area contributed by atoms with Gasteiger partial charge in [0.15, 0.2) is 0 Å². The van der Waals surface area contributed by atoms with Gasteiger partial charge in [0.25, 0.3) is 5.56 Å². The fourth-order valence-electron chi connectivity index (χ4n) is 2.93. The maximum Gasteiger partial charge on any atom is 0.317 e.